The highest BCUT2D eigenvalue weighted by molar-refractivity contribution is 6.31. The number of hydrogen-bond acceptors (Lipinski definition) is 5. The van der Waals surface area contributed by atoms with Gasteiger partial charge < -0.3 is 10.2 Å². The van der Waals surface area contributed by atoms with Gasteiger partial charge in [0.2, 0.25) is 0 Å². The van der Waals surface area contributed by atoms with Gasteiger partial charge in [-0.2, -0.15) is 10.1 Å². The summed E-state index contributed by atoms with van der Waals surface area (Å²) in [5, 5.41) is 12.3. The fraction of sp³-hybridized carbons (Fsp3) is 0.211. The van der Waals surface area contributed by atoms with Gasteiger partial charge in [0.15, 0.2) is 5.82 Å². The summed E-state index contributed by atoms with van der Waals surface area (Å²) in [5.74, 6) is 1.24. The van der Waals surface area contributed by atoms with Gasteiger partial charge >= 0.3 is 0 Å². The Labute approximate surface area is 151 Å². The number of hydrogen-bond donors (Lipinski definition) is 1. The fourth-order valence-electron chi connectivity index (χ4n) is 3.15. The van der Waals surface area contributed by atoms with Crippen LogP contribution in [0.15, 0.2) is 48.7 Å². The molecular formula is C19H18ClN5. The molecule has 6 heteroatoms. The minimum atomic E-state index is 0.295. The maximum absolute atomic E-state index is 6.19. The van der Waals surface area contributed by atoms with Crippen molar-refractivity contribution in [3.63, 3.8) is 0 Å². The second-order valence-electron chi connectivity index (χ2n) is 6.28. The van der Waals surface area contributed by atoms with Crippen LogP contribution in [0, 0.1) is 6.92 Å². The molecule has 5 nitrogen and oxygen atoms in total. The topological polar surface area (TPSA) is 53.9 Å². The molecule has 126 valence electrons. The number of halogens is 1. The Hall–Kier alpha value is -2.66. The van der Waals surface area contributed by atoms with Gasteiger partial charge in [-0.05, 0) is 49.6 Å². The van der Waals surface area contributed by atoms with Crippen molar-refractivity contribution in [2.45, 2.75) is 26.3 Å². The van der Waals surface area contributed by atoms with Gasteiger partial charge in [-0.25, -0.2) is 0 Å². The summed E-state index contributed by atoms with van der Waals surface area (Å²) in [7, 11) is 0. The number of fused-ring (bicyclic) bond motifs is 1. The average Bonchev–Trinajstić information content (AvgIpc) is 2.94. The Morgan fingerprint density at radius 1 is 1.20 bits per heavy atom. The molecule has 0 radical (unpaired) electrons. The molecule has 1 N–H and O–H groups in total. The van der Waals surface area contributed by atoms with Crippen LogP contribution < -0.4 is 10.2 Å². The maximum atomic E-state index is 6.19. The second kappa shape index (κ2) is 6.33. The predicted octanol–water partition coefficient (Wildman–Crippen LogP) is 4.66. The largest absolute Gasteiger partial charge is 0.339 e. The standard InChI is InChI=1S/C19H18ClN5/c1-12-7-8-15(10-16(12)20)22-18-11-21-24-19(23-18)25-13(2)9-14-5-3-4-6-17(14)25/h3-8,10-11,13H,9H2,1-2H3,(H,22,23,24). The lowest BCUT2D eigenvalue weighted by Gasteiger charge is -2.22. The number of aromatic nitrogens is 3. The fourth-order valence-corrected chi connectivity index (χ4v) is 3.33. The van der Waals surface area contributed by atoms with Gasteiger partial charge in [-0.15, -0.1) is 5.10 Å². The van der Waals surface area contributed by atoms with Crippen LogP contribution in [-0.2, 0) is 6.42 Å². The molecule has 1 aliphatic rings. The second-order valence-corrected chi connectivity index (χ2v) is 6.69. The lowest BCUT2D eigenvalue weighted by Crippen LogP contribution is -2.26. The first-order chi connectivity index (χ1) is 12.1. The highest BCUT2D eigenvalue weighted by Gasteiger charge is 2.29. The van der Waals surface area contributed by atoms with E-state index in [1.165, 1.54) is 5.56 Å². The lowest BCUT2D eigenvalue weighted by molar-refractivity contribution is 0.730. The zero-order valence-corrected chi connectivity index (χ0v) is 14.8. The van der Waals surface area contributed by atoms with E-state index < -0.39 is 0 Å². The third-order valence-electron chi connectivity index (χ3n) is 4.41. The van der Waals surface area contributed by atoms with Crippen molar-refractivity contribution < 1.29 is 0 Å². The molecule has 25 heavy (non-hydrogen) atoms. The number of anilines is 4. The SMILES string of the molecule is Cc1ccc(Nc2cnnc(N3c4ccccc4CC3C)n2)cc1Cl. The minimum Gasteiger partial charge on any atom is -0.339 e. The lowest BCUT2D eigenvalue weighted by atomic mass is 10.1. The Bertz CT molecular complexity index is 927. The summed E-state index contributed by atoms with van der Waals surface area (Å²) in [6.45, 7) is 4.14. The molecule has 0 bridgehead atoms. The number of nitrogens with zero attached hydrogens (tertiary/aromatic N) is 4. The highest BCUT2D eigenvalue weighted by Crippen LogP contribution is 2.36. The molecule has 0 spiro atoms. The molecule has 3 aromatic rings. The van der Waals surface area contributed by atoms with E-state index in [1.807, 2.05) is 31.2 Å². The molecule has 1 unspecified atom stereocenters. The Morgan fingerprint density at radius 3 is 2.88 bits per heavy atom. The Morgan fingerprint density at radius 2 is 2.04 bits per heavy atom. The van der Waals surface area contributed by atoms with E-state index in [2.05, 4.69) is 50.5 Å². The molecule has 2 heterocycles. The van der Waals surface area contributed by atoms with Crippen molar-refractivity contribution in [2.75, 3.05) is 10.2 Å². The van der Waals surface area contributed by atoms with Crippen molar-refractivity contribution in [3.05, 3.63) is 64.8 Å². The van der Waals surface area contributed by atoms with Crippen LogP contribution >= 0.6 is 11.6 Å². The van der Waals surface area contributed by atoms with Crippen LogP contribution in [0.1, 0.15) is 18.1 Å². The number of para-hydroxylation sites is 1. The number of nitrogens with one attached hydrogen (secondary N) is 1. The van der Waals surface area contributed by atoms with Crippen LogP contribution in [-0.4, -0.2) is 21.2 Å². The van der Waals surface area contributed by atoms with Crippen molar-refractivity contribution in [1.29, 1.82) is 0 Å². The summed E-state index contributed by atoms with van der Waals surface area (Å²) in [6, 6.07) is 14.5. The monoisotopic (exact) mass is 351 g/mol. The number of benzene rings is 2. The van der Waals surface area contributed by atoms with Gasteiger partial charge in [-0.1, -0.05) is 35.9 Å². The molecule has 0 saturated carbocycles. The van der Waals surface area contributed by atoms with Crippen molar-refractivity contribution in [2.24, 2.45) is 0 Å². The van der Waals surface area contributed by atoms with E-state index in [0.29, 0.717) is 22.8 Å². The van der Waals surface area contributed by atoms with Crippen LogP contribution in [0.2, 0.25) is 5.02 Å². The molecule has 4 rings (SSSR count). The van der Waals surface area contributed by atoms with E-state index in [0.717, 1.165) is 23.4 Å². The van der Waals surface area contributed by atoms with Crippen LogP contribution in [0.4, 0.5) is 23.1 Å². The molecule has 1 aromatic heterocycles. The van der Waals surface area contributed by atoms with Gasteiger partial charge in [-0.3, -0.25) is 0 Å². The Balaban J connectivity index is 1.65. The van der Waals surface area contributed by atoms with Gasteiger partial charge in [0.05, 0.1) is 6.20 Å². The molecule has 1 atom stereocenters. The molecular weight excluding hydrogens is 334 g/mol. The van der Waals surface area contributed by atoms with Crippen LogP contribution in [0.3, 0.4) is 0 Å². The minimum absolute atomic E-state index is 0.295. The highest BCUT2D eigenvalue weighted by atomic mass is 35.5. The van der Waals surface area contributed by atoms with Crippen molar-refractivity contribution in [1.82, 2.24) is 15.2 Å². The first-order valence-electron chi connectivity index (χ1n) is 8.22. The third-order valence-corrected chi connectivity index (χ3v) is 4.82. The molecule has 2 aromatic carbocycles. The molecule has 1 aliphatic heterocycles. The van der Waals surface area contributed by atoms with Crippen LogP contribution in [0.25, 0.3) is 0 Å². The first kappa shape index (κ1) is 15.8. The summed E-state index contributed by atoms with van der Waals surface area (Å²) in [4.78, 5) is 6.78. The van der Waals surface area contributed by atoms with Gasteiger partial charge in [0, 0.05) is 22.4 Å². The number of rotatable bonds is 3. The summed E-state index contributed by atoms with van der Waals surface area (Å²) in [5.41, 5.74) is 4.36. The quantitative estimate of drug-likeness (QED) is 0.743. The molecule has 0 amide bonds. The third kappa shape index (κ3) is 3.03. The summed E-state index contributed by atoms with van der Waals surface area (Å²) >= 11 is 6.19. The van der Waals surface area contributed by atoms with Crippen LogP contribution in [0.5, 0.6) is 0 Å². The van der Waals surface area contributed by atoms with Gasteiger partial charge in [0.1, 0.15) is 0 Å². The first-order valence-corrected chi connectivity index (χ1v) is 8.59. The Kier molecular flexibility index (Phi) is 4.01. The summed E-state index contributed by atoms with van der Waals surface area (Å²) < 4.78 is 0. The smallest absolute Gasteiger partial charge is 0.252 e. The predicted molar refractivity (Wildman–Crippen MR) is 101 cm³/mol. The molecule has 0 aliphatic carbocycles. The maximum Gasteiger partial charge on any atom is 0.252 e. The molecule has 0 saturated heterocycles. The molecule has 0 fully saturated rings. The normalized spacial score (nSPS) is 16.0. The zero-order valence-electron chi connectivity index (χ0n) is 14.1. The van der Waals surface area contributed by atoms with E-state index in [1.54, 1.807) is 6.20 Å². The van der Waals surface area contributed by atoms with Crippen molar-refractivity contribution >= 4 is 34.7 Å². The van der Waals surface area contributed by atoms with E-state index in [9.17, 15) is 0 Å². The summed E-state index contributed by atoms with van der Waals surface area (Å²) in [6.07, 6.45) is 2.59. The van der Waals surface area contributed by atoms with E-state index in [4.69, 9.17) is 11.6 Å². The van der Waals surface area contributed by atoms with Gasteiger partial charge in [0.25, 0.3) is 5.95 Å². The average molecular weight is 352 g/mol. The van der Waals surface area contributed by atoms with E-state index in [-0.39, 0.29) is 0 Å². The zero-order chi connectivity index (χ0) is 17.4. The van der Waals surface area contributed by atoms with E-state index >= 15 is 0 Å². The van der Waals surface area contributed by atoms with Crippen molar-refractivity contribution in [3.8, 4) is 0 Å². The number of aryl methyl sites for hydroxylation is 1.